The van der Waals surface area contributed by atoms with Gasteiger partial charge in [-0.15, -0.1) is 0 Å². The van der Waals surface area contributed by atoms with E-state index in [1.165, 1.54) is 0 Å². The van der Waals surface area contributed by atoms with Gasteiger partial charge >= 0.3 is 0 Å². The van der Waals surface area contributed by atoms with Crippen LogP contribution in [-0.2, 0) is 6.54 Å². The molecule has 0 saturated carbocycles. The molecule has 6 heteroatoms. The predicted molar refractivity (Wildman–Crippen MR) is 102 cm³/mol. The van der Waals surface area contributed by atoms with Crippen LogP contribution in [0.1, 0.15) is 36.7 Å². The number of fused-ring (bicyclic) bond motifs is 3. The lowest BCUT2D eigenvalue weighted by atomic mass is 10.0. The number of nitrogens with zero attached hydrogens (tertiary/aromatic N) is 1. The average Bonchev–Trinajstić information content (AvgIpc) is 3.11. The van der Waals surface area contributed by atoms with Crippen LogP contribution >= 0.6 is 0 Å². The summed E-state index contributed by atoms with van der Waals surface area (Å²) >= 11 is 0. The number of halogens is 2. The average molecular weight is 385 g/mol. The largest absolute Gasteiger partial charge is 0.490 e. The van der Waals surface area contributed by atoms with Gasteiger partial charge in [-0.2, -0.15) is 0 Å². The summed E-state index contributed by atoms with van der Waals surface area (Å²) in [6.45, 7) is 5.53. The van der Waals surface area contributed by atoms with Crippen molar-refractivity contribution in [2.75, 3.05) is 13.2 Å². The van der Waals surface area contributed by atoms with E-state index in [9.17, 15) is 8.78 Å². The summed E-state index contributed by atoms with van der Waals surface area (Å²) in [6.07, 6.45) is 1.94. The van der Waals surface area contributed by atoms with E-state index in [2.05, 4.69) is 0 Å². The lowest BCUT2D eigenvalue weighted by Crippen LogP contribution is -2.83. The molecular formula is C22H23F2N2O2+. The van der Waals surface area contributed by atoms with Crippen LogP contribution in [0.4, 0.5) is 8.78 Å². The molecule has 1 atom stereocenters. The van der Waals surface area contributed by atoms with Crippen LogP contribution in [-0.4, -0.2) is 17.8 Å². The van der Waals surface area contributed by atoms with Crippen LogP contribution < -0.4 is 14.8 Å². The van der Waals surface area contributed by atoms with Crippen LogP contribution in [0, 0.1) is 11.6 Å². The van der Waals surface area contributed by atoms with Crippen LogP contribution in [0.3, 0.4) is 0 Å². The van der Waals surface area contributed by atoms with E-state index in [-0.39, 0.29) is 6.04 Å². The van der Waals surface area contributed by atoms with E-state index in [1.807, 2.05) is 54.2 Å². The second-order valence-corrected chi connectivity index (χ2v) is 6.66. The topological polar surface area (TPSA) is 40.0 Å². The second kappa shape index (κ2) is 7.64. The standard InChI is InChI=1S/C22H22F2N2O2/c1-3-27-19-11-14-13-25-22(15-7-5-8-16(23)21(15)24)17-9-6-10-26(17)18(14)12-20(19)28-4-2/h5-12,22,25H,3-4,13H2,1-2H3/p+1/t22-/m1/s1. The Morgan fingerprint density at radius 1 is 1.04 bits per heavy atom. The molecule has 0 amide bonds. The molecular weight excluding hydrogens is 362 g/mol. The third-order valence-electron chi connectivity index (χ3n) is 4.99. The molecule has 3 aromatic rings. The molecule has 4 rings (SSSR count). The number of hydrogen-bond acceptors (Lipinski definition) is 2. The van der Waals surface area contributed by atoms with E-state index in [0.717, 1.165) is 23.0 Å². The first kappa shape index (κ1) is 18.5. The first-order valence-corrected chi connectivity index (χ1v) is 9.51. The van der Waals surface area contributed by atoms with Crippen molar-refractivity contribution in [3.8, 4) is 17.2 Å². The number of nitrogens with two attached hydrogens (primary N) is 1. The van der Waals surface area contributed by atoms with Crippen LogP contribution in [0.25, 0.3) is 5.69 Å². The third-order valence-corrected chi connectivity index (χ3v) is 4.99. The van der Waals surface area contributed by atoms with Crippen LogP contribution in [0.15, 0.2) is 48.7 Å². The maximum Gasteiger partial charge on any atom is 0.168 e. The molecule has 0 unspecified atom stereocenters. The fourth-order valence-electron chi connectivity index (χ4n) is 3.80. The fourth-order valence-corrected chi connectivity index (χ4v) is 3.80. The Kier molecular flexibility index (Phi) is 5.05. The van der Waals surface area contributed by atoms with Crippen molar-refractivity contribution in [1.82, 2.24) is 4.57 Å². The zero-order valence-corrected chi connectivity index (χ0v) is 15.9. The SMILES string of the molecule is CCOc1cc2c(cc1OCC)-n1cccc1[C@@H](c1cccc(F)c1F)[NH2+]C2. The Hall–Kier alpha value is -2.86. The highest BCUT2D eigenvalue weighted by Gasteiger charge is 2.30. The van der Waals surface area contributed by atoms with E-state index in [1.54, 1.807) is 12.1 Å². The van der Waals surface area contributed by atoms with Gasteiger partial charge in [-0.3, -0.25) is 0 Å². The molecule has 0 aliphatic carbocycles. The molecule has 146 valence electrons. The monoisotopic (exact) mass is 385 g/mol. The third kappa shape index (κ3) is 3.14. The molecule has 1 aliphatic rings. The van der Waals surface area contributed by atoms with Crippen molar-refractivity contribution >= 4 is 0 Å². The van der Waals surface area contributed by atoms with Gasteiger partial charge in [0.05, 0.1) is 30.2 Å². The van der Waals surface area contributed by atoms with Crippen molar-refractivity contribution in [3.05, 3.63) is 77.1 Å². The van der Waals surface area contributed by atoms with E-state index >= 15 is 0 Å². The van der Waals surface area contributed by atoms with Gasteiger partial charge in [0, 0.05) is 17.8 Å². The highest BCUT2D eigenvalue weighted by molar-refractivity contribution is 5.56. The van der Waals surface area contributed by atoms with Gasteiger partial charge in [-0.1, -0.05) is 6.07 Å². The molecule has 1 aliphatic heterocycles. The maximum absolute atomic E-state index is 14.5. The van der Waals surface area contributed by atoms with Crippen molar-refractivity contribution in [3.63, 3.8) is 0 Å². The van der Waals surface area contributed by atoms with Crippen LogP contribution in [0.5, 0.6) is 11.5 Å². The van der Waals surface area contributed by atoms with E-state index < -0.39 is 11.6 Å². The molecule has 0 saturated heterocycles. The highest BCUT2D eigenvalue weighted by atomic mass is 19.2. The minimum Gasteiger partial charge on any atom is -0.490 e. The summed E-state index contributed by atoms with van der Waals surface area (Å²) in [5.41, 5.74) is 3.23. The molecule has 0 radical (unpaired) electrons. The van der Waals surface area contributed by atoms with Crippen molar-refractivity contribution in [1.29, 1.82) is 0 Å². The Morgan fingerprint density at radius 2 is 1.79 bits per heavy atom. The minimum atomic E-state index is -0.831. The summed E-state index contributed by atoms with van der Waals surface area (Å²) in [6, 6.07) is 11.8. The maximum atomic E-state index is 14.5. The number of quaternary nitrogens is 1. The Labute approximate surface area is 162 Å². The lowest BCUT2D eigenvalue weighted by Gasteiger charge is -2.16. The molecule has 4 nitrogen and oxygen atoms in total. The number of rotatable bonds is 5. The summed E-state index contributed by atoms with van der Waals surface area (Å²) in [7, 11) is 0. The number of aromatic nitrogens is 1. The normalized spacial score (nSPS) is 15.5. The fraction of sp³-hybridized carbons (Fsp3) is 0.273. The number of ether oxygens (including phenoxy) is 2. The molecule has 2 aromatic carbocycles. The van der Waals surface area contributed by atoms with Crippen molar-refractivity contribution in [2.45, 2.75) is 26.4 Å². The van der Waals surface area contributed by atoms with Gasteiger partial charge in [0.2, 0.25) is 0 Å². The Balaban J connectivity index is 1.85. The van der Waals surface area contributed by atoms with Crippen LogP contribution in [0.2, 0.25) is 0 Å². The minimum absolute atomic E-state index is 0.336. The summed E-state index contributed by atoms with van der Waals surface area (Å²) in [5, 5.41) is 2.02. The van der Waals surface area contributed by atoms with Gasteiger partial charge in [0.15, 0.2) is 29.2 Å². The van der Waals surface area contributed by atoms with E-state index in [4.69, 9.17) is 9.47 Å². The second-order valence-electron chi connectivity index (χ2n) is 6.66. The molecule has 2 N–H and O–H groups in total. The Morgan fingerprint density at radius 3 is 2.54 bits per heavy atom. The van der Waals surface area contributed by atoms with Gasteiger partial charge in [0.1, 0.15) is 6.54 Å². The quantitative estimate of drug-likeness (QED) is 0.727. The first-order chi connectivity index (χ1) is 13.6. The van der Waals surface area contributed by atoms with E-state index in [0.29, 0.717) is 36.8 Å². The lowest BCUT2D eigenvalue weighted by molar-refractivity contribution is -0.702. The van der Waals surface area contributed by atoms with Gasteiger partial charge < -0.3 is 19.4 Å². The predicted octanol–water partition coefficient (Wildman–Crippen LogP) is 3.72. The van der Waals surface area contributed by atoms with Gasteiger partial charge in [-0.25, -0.2) is 8.78 Å². The molecule has 1 aromatic heterocycles. The number of hydrogen-bond donors (Lipinski definition) is 1. The number of benzene rings is 2. The molecule has 2 heterocycles. The zero-order valence-electron chi connectivity index (χ0n) is 15.9. The Bertz CT molecular complexity index is 1000. The zero-order chi connectivity index (χ0) is 19.7. The highest BCUT2D eigenvalue weighted by Crippen LogP contribution is 2.36. The van der Waals surface area contributed by atoms with Gasteiger partial charge in [-0.05, 0) is 44.2 Å². The van der Waals surface area contributed by atoms with Crippen molar-refractivity contribution < 1.29 is 23.6 Å². The smallest absolute Gasteiger partial charge is 0.168 e. The summed E-state index contributed by atoms with van der Waals surface area (Å²) in [5.74, 6) is -0.255. The van der Waals surface area contributed by atoms with Gasteiger partial charge in [0.25, 0.3) is 0 Å². The summed E-state index contributed by atoms with van der Waals surface area (Å²) < 4.78 is 41.9. The molecule has 28 heavy (non-hydrogen) atoms. The molecule has 0 bridgehead atoms. The molecule has 0 fully saturated rings. The summed E-state index contributed by atoms with van der Waals surface area (Å²) in [4.78, 5) is 0. The first-order valence-electron chi connectivity index (χ1n) is 9.51. The molecule has 0 spiro atoms. The van der Waals surface area contributed by atoms with Crippen molar-refractivity contribution in [2.24, 2.45) is 0 Å².